The maximum Gasteiger partial charge on any atom is 0.257 e. The largest absolute Gasteiger partial charge is 0.316 e. The van der Waals surface area contributed by atoms with E-state index < -0.39 is 11.3 Å². The van der Waals surface area contributed by atoms with Gasteiger partial charge in [-0.2, -0.15) is 0 Å². The fraction of sp³-hybridized carbons (Fsp3) is 0.481. The highest BCUT2D eigenvalue weighted by Gasteiger charge is 2.58. The number of rotatable bonds is 7. The van der Waals surface area contributed by atoms with Crippen LogP contribution >= 0.6 is 0 Å². The molecule has 170 valence electrons. The number of piperidine rings is 1. The van der Waals surface area contributed by atoms with E-state index in [1.54, 1.807) is 19.1 Å². The third-order valence-electron chi connectivity index (χ3n) is 5.77. The van der Waals surface area contributed by atoms with Gasteiger partial charge in [0.15, 0.2) is 0 Å². The normalized spacial score (nSPS) is 25.1. The van der Waals surface area contributed by atoms with Crippen LogP contribution in [0, 0.1) is 17.3 Å². The number of alkyl halides is 2. The van der Waals surface area contributed by atoms with Gasteiger partial charge in [-0.05, 0) is 50.1 Å². The Balaban J connectivity index is 0.00000233. The number of likely N-dealkylation sites (tertiary alicyclic amines) is 1. The van der Waals surface area contributed by atoms with Crippen molar-refractivity contribution in [3.8, 4) is 11.8 Å². The summed E-state index contributed by atoms with van der Waals surface area (Å²) in [4.78, 5) is 2.15. The van der Waals surface area contributed by atoms with E-state index in [-0.39, 0.29) is 12.5 Å². The SMILES string of the molecule is C=C/C=C(\C=C/C#CC)C(/C(C=C)=C/C=C\C)N1CCC2(CNCCC2(F)F)C1.CC. The van der Waals surface area contributed by atoms with Crippen LogP contribution in [0.1, 0.15) is 40.5 Å². The molecular formula is C27H38F2N2. The van der Waals surface area contributed by atoms with Crippen LogP contribution in [-0.4, -0.2) is 43.0 Å². The molecule has 0 saturated carbocycles. The molecule has 0 aromatic rings. The third kappa shape index (κ3) is 6.63. The van der Waals surface area contributed by atoms with Crippen molar-refractivity contribution in [2.45, 2.75) is 52.5 Å². The lowest BCUT2D eigenvalue weighted by Gasteiger charge is -2.42. The number of halogens is 2. The second-order valence-corrected chi connectivity index (χ2v) is 7.56. The lowest BCUT2D eigenvalue weighted by atomic mass is 9.76. The van der Waals surface area contributed by atoms with Gasteiger partial charge in [-0.1, -0.05) is 69.4 Å². The van der Waals surface area contributed by atoms with E-state index in [1.807, 2.05) is 57.2 Å². The van der Waals surface area contributed by atoms with E-state index in [9.17, 15) is 8.78 Å². The fourth-order valence-electron chi connectivity index (χ4n) is 4.22. The van der Waals surface area contributed by atoms with Crippen molar-refractivity contribution < 1.29 is 8.78 Å². The third-order valence-corrected chi connectivity index (χ3v) is 5.77. The smallest absolute Gasteiger partial charge is 0.257 e. The maximum atomic E-state index is 14.9. The Morgan fingerprint density at radius 1 is 1.16 bits per heavy atom. The van der Waals surface area contributed by atoms with Crippen LogP contribution in [0.2, 0.25) is 0 Å². The Morgan fingerprint density at radius 3 is 2.48 bits per heavy atom. The molecule has 1 N–H and O–H groups in total. The van der Waals surface area contributed by atoms with Crippen molar-refractivity contribution in [1.82, 2.24) is 10.2 Å². The molecule has 2 aliphatic heterocycles. The van der Waals surface area contributed by atoms with Crippen molar-refractivity contribution in [2.24, 2.45) is 5.41 Å². The molecule has 2 nitrogen and oxygen atoms in total. The topological polar surface area (TPSA) is 15.3 Å². The van der Waals surface area contributed by atoms with Crippen LogP contribution in [0.3, 0.4) is 0 Å². The number of allylic oxidation sites excluding steroid dienone is 6. The zero-order valence-electron chi connectivity index (χ0n) is 19.6. The molecule has 0 radical (unpaired) electrons. The first-order valence-electron chi connectivity index (χ1n) is 11.1. The van der Waals surface area contributed by atoms with E-state index >= 15 is 0 Å². The quantitative estimate of drug-likeness (QED) is 0.390. The molecule has 2 unspecified atom stereocenters. The van der Waals surface area contributed by atoms with E-state index in [1.165, 1.54) is 0 Å². The predicted molar refractivity (Wildman–Crippen MR) is 130 cm³/mol. The summed E-state index contributed by atoms with van der Waals surface area (Å²) < 4.78 is 29.8. The standard InChI is InChI=1S/C25H32F2N2.C2H6/c1-5-9-11-14-22(12-7-3)23(21(8-4)13-10-6-2)29-18-16-24(20-29)19-28-17-15-25(24,26)27;1-2/h6-8,10-14,23,28H,3-4,15-20H2,1-2H3;1-2H3/b10-6-,14-11-,21-13+,22-12+;. The number of nitrogens with zero attached hydrogens (tertiary/aromatic N) is 1. The van der Waals surface area contributed by atoms with Crippen LogP contribution < -0.4 is 5.32 Å². The first-order chi connectivity index (χ1) is 14.9. The van der Waals surface area contributed by atoms with Crippen LogP contribution in [0.4, 0.5) is 8.78 Å². The van der Waals surface area contributed by atoms with E-state index in [2.05, 4.69) is 35.2 Å². The highest BCUT2D eigenvalue weighted by Crippen LogP contribution is 2.48. The lowest BCUT2D eigenvalue weighted by molar-refractivity contribution is -0.135. The second-order valence-electron chi connectivity index (χ2n) is 7.56. The van der Waals surface area contributed by atoms with Gasteiger partial charge in [0, 0.05) is 26.1 Å². The summed E-state index contributed by atoms with van der Waals surface area (Å²) in [6.07, 6.45) is 15.5. The van der Waals surface area contributed by atoms with Crippen LogP contribution in [-0.2, 0) is 0 Å². The molecular weight excluding hydrogens is 390 g/mol. The highest BCUT2D eigenvalue weighted by molar-refractivity contribution is 5.43. The predicted octanol–water partition coefficient (Wildman–Crippen LogP) is 6.08. The molecule has 2 rings (SSSR count). The lowest BCUT2D eigenvalue weighted by Crippen LogP contribution is -2.56. The van der Waals surface area contributed by atoms with Gasteiger partial charge < -0.3 is 5.32 Å². The molecule has 2 fully saturated rings. The first-order valence-corrected chi connectivity index (χ1v) is 11.1. The molecule has 0 amide bonds. The Kier molecular flexibility index (Phi) is 11.5. The number of hydrogen-bond acceptors (Lipinski definition) is 2. The van der Waals surface area contributed by atoms with Gasteiger partial charge in [-0.3, -0.25) is 4.90 Å². The Bertz CT molecular complexity index is 777. The van der Waals surface area contributed by atoms with Crippen molar-refractivity contribution in [2.75, 3.05) is 26.2 Å². The van der Waals surface area contributed by atoms with Crippen molar-refractivity contribution >= 4 is 0 Å². The van der Waals surface area contributed by atoms with Gasteiger partial charge >= 0.3 is 0 Å². The molecule has 0 bridgehead atoms. The van der Waals surface area contributed by atoms with Gasteiger partial charge in [0.1, 0.15) is 0 Å². The van der Waals surface area contributed by atoms with Crippen LogP contribution in [0.15, 0.2) is 72.9 Å². The minimum Gasteiger partial charge on any atom is -0.316 e. The average Bonchev–Trinajstić information content (AvgIpc) is 3.20. The molecule has 2 saturated heterocycles. The van der Waals surface area contributed by atoms with E-state index in [0.717, 1.165) is 11.1 Å². The fourth-order valence-corrected chi connectivity index (χ4v) is 4.22. The van der Waals surface area contributed by atoms with Crippen molar-refractivity contribution in [3.05, 3.63) is 72.9 Å². The van der Waals surface area contributed by atoms with Gasteiger partial charge in [-0.25, -0.2) is 8.78 Å². The van der Waals surface area contributed by atoms with Crippen molar-refractivity contribution in [1.29, 1.82) is 0 Å². The monoisotopic (exact) mass is 428 g/mol. The molecule has 0 aromatic heterocycles. The van der Waals surface area contributed by atoms with Crippen LogP contribution in [0.25, 0.3) is 0 Å². The Morgan fingerprint density at radius 2 is 1.90 bits per heavy atom. The van der Waals surface area contributed by atoms with Gasteiger partial charge in [0.2, 0.25) is 0 Å². The zero-order valence-corrected chi connectivity index (χ0v) is 19.6. The number of nitrogens with one attached hydrogen (secondary N) is 1. The van der Waals surface area contributed by atoms with Gasteiger partial charge in [0.25, 0.3) is 5.92 Å². The Labute approximate surface area is 188 Å². The average molecular weight is 429 g/mol. The molecule has 4 heteroatoms. The maximum absolute atomic E-state index is 14.9. The molecule has 2 aliphatic rings. The van der Waals surface area contributed by atoms with Crippen LogP contribution in [0.5, 0.6) is 0 Å². The van der Waals surface area contributed by atoms with Gasteiger partial charge in [0.05, 0.1) is 11.5 Å². The molecule has 2 heterocycles. The molecule has 1 spiro atoms. The Hall–Kier alpha value is -2.22. The zero-order chi connectivity index (χ0) is 23.3. The molecule has 0 aromatic carbocycles. The second kappa shape index (κ2) is 13.2. The van der Waals surface area contributed by atoms with Gasteiger partial charge in [-0.15, -0.1) is 5.92 Å². The van der Waals surface area contributed by atoms with E-state index in [0.29, 0.717) is 32.6 Å². The summed E-state index contributed by atoms with van der Waals surface area (Å²) in [5.74, 6) is 3.13. The highest BCUT2D eigenvalue weighted by atomic mass is 19.3. The minimum atomic E-state index is -2.66. The summed E-state index contributed by atoms with van der Waals surface area (Å²) in [6, 6.07) is -0.186. The summed E-state index contributed by atoms with van der Waals surface area (Å²) in [6.45, 7) is 17.2. The summed E-state index contributed by atoms with van der Waals surface area (Å²) in [5, 5.41) is 3.19. The summed E-state index contributed by atoms with van der Waals surface area (Å²) >= 11 is 0. The summed E-state index contributed by atoms with van der Waals surface area (Å²) in [5.41, 5.74) is 0.903. The van der Waals surface area contributed by atoms with E-state index in [4.69, 9.17) is 0 Å². The molecule has 2 atom stereocenters. The minimum absolute atomic E-state index is 0.102. The molecule has 0 aliphatic carbocycles. The van der Waals surface area contributed by atoms with Crippen molar-refractivity contribution in [3.63, 3.8) is 0 Å². The summed E-state index contributed by atoms with van der Waals surface area (Å²) in [7, 11) is 0. The molecule has 31 heavy (non-hydrogen) atoms. The number of hydrogen-bond donors (Lipinski definition) is 1. The first kappa shape index (κ1) is 26.8.